The van der Waals surface area contributed by atoms with Gasteiger partial charge in [0.25, 0.3) is 5.91 Å². The molecular weight excluding hydrogens is 532 g/mol. The van der Waals surface area contributed by atoms with Crippen LogP contribution in [0.1, 0.15) is 53.4 Å². The largest absolute Gasteiger partial charge is 0.352 e. The number of rotatable bonds is 9. The molecule has 0 bridgehead atoms. The third-order valence-corrected chi connectivity index (χ3v) is 8.18. The Hall–Kier alpha value is -2.21. The van der Waals surface area contributed by atoms with Crippen molar-refractivity contribution in [3.63, 3.8) is 0 Å². The first-order valence-electron chi connectivity index (χ1n) is 12.4. The third kappa shape index (κ3) is 8.39. The van der Waals surface area contributed by atoms with Crippen LogP contribution in [0, 0.1) is 13.8 Å². The molecule has 2 aromatic heterocycles. The van der Waals surface area contributed by atoms with Gasteiger partial charge in [-0.3, -0.25) is 14.5 Å². The van der Waals surface area contributed by atoms with E-state index in [1.165, 1.54) is 0 Å². The molecule has 12 heteroatoms. The fraction of sp³-hybridized carbons (Fsp3) is 0.560. The Morgan fingerprint density at radius 3 is 2.62 bits per heavy atom. The maximum Gasteiger partial charge on any atom is 0.253 e. The standard InChI is InChI=1S/C25H37ClN6O3S2/c1-17-14-22(26)29-19(3)23(17)24(33)28-10-6-18(2)31-11-7-21(8-12-31)32(15-20-9-13-36-16-20)25(27-4)30-37(5,34)35/h9,13-14,16,18,21H,6-8,10-12,15H2,1-5H3,(H,27,30)(H,28,33). The number of halogens is 1. The fourth-order valence-corrected chi connectivity index (χ4v) is 6.28. The summed E-state index contributed by atoms with van der Waals surface area (Å²) in [6, 6.07) is 4.22. The zero-order valence-electron chi connectivity index (χ0n) is 22.1. The number of nitrogens with one attached hydrogen (secondary N) is 2. The molecule has 1 unspecified atom stereocenters. The van der Waals surface area contributed by atoms with E-state index >= 15 is 0 Å². The van der Waals surface area contributed by atoms with Crippen molar-refractivity contribution in [1.82, 2.24) is 24.8 Å². The van der Waals surface area contributed by atoms with Gasteiger partial charge in [0.05, 0.1) is 17.5 Å². The minimum Gasteiger partial charge on any atom is -0.352 e. The first kappa shape index (κ1) is 29.3. The van der Waals surface area contributed by atoms with Gasteiger partial charge in [-0.05, 0) is 74.1 Å². The van der Waals surface area contributed by atoms with Crippen LogP contribution in [-0.2, 0) is 16.6 Å². The lowest BCUT2D eigenvalue weighted by Gasteiger charge is -2.41. The topological polar surface area (TPSA) is 107 Å². The summed E-state index contributed by atoms with van der Waals surface area (Å²) in [4.78, 5) is 25.7. The molecule has 2 N–H and O–H groups in total. The highest BCUT2D eigenvalue weighted by molar-refractivity contribution is 7.89. The zero-order valence-corrected chi connectivity index (χ0v) is 24.5. The second-order valence-corrected chi connectivity index (χ2v) is 12.5. The highest BCUT2D eigenvalue weighted by atomic mass is 35.5. The van der Waals surface area contributed by atoms with Crippen molar-refractivity contribution in [2.75, 3.05) is 32.9 Å². The van der Waals surface area contributed by atoms with Crippen LogP contribution in [0.5, 0.6) is 0 Å². The average Bonchev–Trinajstić information content (AvgIpc) is 3.33. The van der Waals surface area contributed by atoms with Gasteiger partial charge in [0.15, 0.2) is 0 Å². The van der Waals surface area contributed by atoms with Crippen LogP contribution in [0.15, 0.2) is 27.9 Å². The van der Waals surface area contributed by atoms with Crippen molar-refractivity contribution in [1.29, 1.82) is 0 Å². The fourth-order valence-electron chi connectivity index (χ4n) is 4.79. The van der Waals surface area contributed by atoms with Gasteiger partial charge in [0.1, 0.15) is 5.15 Å². The zero-order chi connectivity index (χ0) is 27.2. The molecule has 0 spiro atoms. The molecule has 3 rings (SSSR count). The molecule has 0 radical (unpaired) electrons. The van der Waals surface area contributed by atoms with E-state index in [2.05, 4.69) is 48.2 Å². The molecule has 1 atom stereocenters. The molecule has 1 amide bonds. The summed E-state index contributed by atoms with van der Waals surface area (Å²) in [7, 11) is -1.83. The number of aryl methyl sites for hydroxylation is 2. The van der Waals surface area contributed by atoms with Crippen LogP contribution in [-0.4, -0.2) is 80.1 Å². The number of pyridine rings is 1. The van der Waals surface area contributed by atoms with E-state index in [0.717, 1.165) is 49.7 Å². The van der Waals surface area contributed by atoms with E-state index in [4.69, 9.17) is 11.6 Å². The van der Waals surface area contributed by atoms with Gasteiger partial charge < -0.3 is 15.1 Å². The van der Waals surface area contributed by atoms with Crippen molar-refractivity contribution in [2.24, 2.45) is 4.99 Å². The SMILES string of the molecule is CN=C(NS(C)(=O)=O)N(Cc1ccsc1)C1CCN(C(C)CCNC(=O)c2c(C)cc(Cl)nc2C)CC1. The summed E-state index contributed by atoms with van der Waals surface area (Å²) in [6.07, 6.45) is 3.75. The number of guanidine groups is 1. The molecule has 1 saturated heterocycles. The van der Waals surface area contributed by atoms with E-state index in [1.54, 1.807) is 31.4 Å². The average molecular weight is 569 g/mol. The Labute approximate surface area is 229 Å². The summed E-state index contributed by atoms with van der Waals surface area (Å²) in [5.41, 5.74) is 3.16. The van der Waals surface area contributed by atoms with Crippen LogP contribution in [0.3, 0.4) is 0 Å². The van der Waals surface area contributed by atoms with Gasteiger partial charge in [0.2, 0.25) is 16.0 Å². The number of sulfonamides is 1. The van der Waals surface area contributed by atoms with Gasteiger partial charge in [-0.25, -0.2) is 13.4 Å². The Morgan fingerprint density at radius 2 is 2.05 bits per heavy atom. The van der Waals surface area contributed by atoms with Crippen molar-refractivity contribution < 1.29 is 13.2 Å². The van der Waals surface area contributed by atoms with Gasteiger partial charge in [-0.2, -0.15) is 11.3 Å². The van der Waals surface area contributed by atoms with Gasteiger partial charge in [0, 0.05) is 45.3 Å². The van der Waals surface area contributed by atoms with Crippen LogP contribution < -0.4 is 10.0 Å². The predicted molar refractivity (Wildman–Crippen MR) is 151 cm³/mol. The Bertz CT molecular complexity index is 1170. The molecule has 0 aromatic carbocycles. The smallest absolute Gasteiger partial charge is 0.253 e. The molecule has 204 valence electrons. The molecule has 1 aliphatic heterocycles. The number of aromatic nitrogens is 1. The Morgan fingerprint density at radius 1 is 1.35 bits per heavy atom. The highest BCUT2D eigenvalue weighted by Crippen LogP contribution is 2.23. The van der Waals surface area contributed by atoms with E-state index in [1.807, 2.05) is 12.3 Å². The van der Waals surface area contributed by atoms with E-state index in [9.17, 15) is 13.2 Å². The van der Waals surface area contributed by atoms with E-state index in [0.29, 0.717) is 41.5 Å². The second-order valence-electron chi connectivity index (χ2n) is 9.56. The first-order chi connectivity index (χ1) is 17.5. The van der Waals surface area contributed by atoms with Crippen molar-refractivity contribution >= 4 is 44.8 Å². The summed E-state index contributed by atoms with van der Waals surface area (Å²) in [5.74, 6) is 0.254. The van der Waals surface area contributed by atoms with Gasteiger partial charge >= 0.3 is 0 Å². The second kappa shape index (κ2) is 13.0. The normalized spacial score (nSPS) is 16.4. The molecule has 0 saturated carbocycles. The summed E-state index contributed by atoms with van der Waals surface area (Å²) in [5, 5.41) is 7.52. The molecule has 3 heterocycles. The van der Waals surface area contributed by atoms with Crippen LogP contribution in [0.25, 0.3) is 0 Å². The van der Waals surface area contributed by atoms with Crippen LogP contribution in [0.2, 0.25) is 5.15 Å². The molecule has 1 aliphatic rings. The Kier molecular flexibility index (Phi) is 10.3. The maximum absolute atomic E-state index is 12.7. The number of piperidine rings is 1. The first-order valence-corrected chi connectivity index (χ1v) is 15.6. The minimum absolute atomic E-state index is 0.126. The van der Waals surface area contributed by atoms with Crippen molar-refractivity contribution in [3.05, 3.63) is 50.4 Å². The lowest BCUT2D eigenvalue weighted by molar-refractivity contribution is 0.0934. The number of thiophene rings is 1. The van der Waals surface area contributed by atoms with Crippen molar-refractivity contribution in [2.45, 2.75) is 58.7 Å². The molecule has 9 nitrogen and oxygen atoms in total. The van der Waals surface area contributed by atoms with E-state index < -0.39 is 10.0 Å². The van der Waals surface area contributed by atoms with Gasteiger partial charge in [-0.1, -0.05) is 11.6 Å². The lowest BCUT2D eigenvalue weighted by Crippen LogP contribution is -2.53. The van der Waals surface area contributed by atoms with Crippen LogP contribution in [0.4, 0.5) is 0 Å². The lowest BCUT2D eigenvalue weighted by atomic mass is 10.0. The molecule has 1 fully saturated rings. The number of likely N-dealkylation sites (tertiary alicyclic amines) is 1. The third-order valence-electron chi connectivity index (χ3n) is 6.70. The number of amides is 1. The highest BCUT2D eigenvalue weighted by Gasteiger charge is 2.29. The number of aliphatic imine (C=N–C) groups is 1. The number of carbonyl (C=O) groups is 1. The number of hydrogen-bond donors (Lipinski definition) is 2. The number of carbonyl (C=O) groups excluding carboxylic acids is 1. The van der Waals surface area contributed by atoms with Crippen LogP contribution >= 0.6 is 22.9 Å². The minimum atomic E-state index is -3.44. The number of hydrogen-bond acceptors (Lipinski definition) is 7. The summed E-state index contributed by atoms with van der Waals surface area (Å²) >= 11 is 7.61. The van der Waals surface area contributed by atoms with Crippen molar-refractivity contribution in [3.8, 4) is 0 Å². The maximum atomic E-state index is 12.7. The molecular formula is C25H37ClN6O3S2. The Balaban J connectivity index is 1.55. The summed E-state index contributed by atoms with van der Waals surface area (Å²) in [6.45, 7) is 8.77. The molecule has 2 aromatic rings. The monoisotopic (exact) mass is 568 g/mol. The predicted octanol–water partition coefficient (Wildman–Crippen LogP) is 3.42. The summed E-state index contributed by atoms with van der Waals surface area (Å²) < 4.78 is 26.5. The quantitative estimate of drug-likeness (QED) is 0.273. The molecule has 0 aliphatic carbocycles. The molecule has 37 heavy (non-hydrogen) atoms. The van der Waals surface area contributed by atoms with E-state index in [-0.39, 0.29) is 11.9 Å². The number of nitrogens with zero attached hydrogens (tertiary/aromatic N) is 4. The van der Waals surface area contributed by atoms with Gasteiger partial charge in [-0.15, -0.1) is 0 Å².